The smallest absolute Gasteiger partial charge is 0.207 e. The molecule has 18 heavy (non-hydrogen) atoms. The molecule has 2 aromatic rings. The van der Waals surface area contributed by atoms with Crippen LogP contribution in [0.4, 0.5) is 5.95 Å². The molecule has 4 nitrogen and oxygen atoms in total. The second kappa shape index (κ2) is 5.58. The highest BCUT2D eigenvalue weighted by molar-refractivity contribution is 5.52. The van der Waals surface area contributed by atoms with Crippen molar-refractivity contribution in [1.29, 1.82) is 0 Å². The number of hydrogen-bond donors (Lipinski definition) is 1. The van der Waals surface area contributed by atoms with Crippen LogP contribution in [0.5, 0.6) is 5.75 Å². The molecule has 0 bridgehead atoms. The molecule has 1 aromatic carbocycles. The minimum atomic E-state index is 0.842. The van der Waals surface area contributed by atoms with Crippen LogP contribution in [0.25, 0.3) is 5.69 Å². The van der Waals surface area contributed by atoms with E-state index >= 15 is 0 Å². The fraction of sp³-hybridized carbons (Fsp3) is 0.357. The first-order valence-corrected chi connectivity index (χ1v) is 6.19. The number of hydrogen-bond acceptors (Lipinski definition) is 3. The molecule has 0 aliphatic carbocycles. The van der Waals surface area contributed by atoms with Gasteiger partial charge in [0.05, 0.1) is 18.5 Å². The summed E-state index contributed by atoms with van der Waals surface area (Å²) in [6, 6.07) is 7.94. The van der Waals surface area contributed by atoms with Crippen LogP contribution in [0, 0.1) is 6.92 Å². The van der Waals surface area contributed by atoms with E-state index in [0.717, 1.165) is 36.0 Å². The van der Waals surface area contributed by atoms with E-state index in [1.165, 1.54) is 0 Å². The maximum absolute atomic E-state index is 5.39. The highest BCUT2D eigenvalue weighted by Crippen LogP contribution is 2.25. The Kier molecular flexibility index (Phi) is 3.87. The Labute approximate surface area is 108 Å². The van der Waals surface area contributed by atoms with Crippen molar-refractivity contribution in [2.24, 2.45) is 0 Å². The number of aromatic nitrogens is 2. The van der Waals surface area contributed by atoms with Crippen LogP contribution in [0.2, 0.25) is 0 Å². The van der Waals surface area contributed by atoms with Crippen LogP contribution < -0.4 is 10.1 Å². The zero-order chi connectivity index (χ0) is 13.0. The lowest BCUT2D eigenvalue weighted by molar-refractivity contribution is 0.413. The summed E-state index contributed by atoms with van der Waals surface area (Å²) in [5, 5.41) is 3.33. The van der Waals surface area contributed by atoms with Crippen LogP contribution in [0.15, 0.2) is 30.5 Å². The van der Waals surface area contributed by atoms with Crippen LogP contribution in [-0.2, 0) is 0 Å². The fourth-order valence-electron chi connectivity index (χ4n) is 1.87. The molecule has 0 atom stereocenters. The third-order valence-electron chi connectivity index (χ3n) is 2.70. The van der Waals surface area contributed by atoms with Gasteiger partial charge in [0.25, 0.3) is 0 Å². The van der Waals surface area contributed by atoms with Crippen LogP contribution in [0.1, 0.15) is 19.0 Å². The van der Waals surface area contributed by atoms with Crippen molar-refractivity contribution in [1.82, 2.24) is 9.55 Å². The van der Waals surface area contributed by atoms with Crippen molar-refractivity contribution in [2.75, 3.05) is 19.0 Å². The third-order valence-corrected chi connectivity index (χ3v) is 2.70. The van der Waals surface area contributed by atoms with Crippen molar-refractivity contribution in [3.63, 3.8) is 0 Å². The number of nitrogens with zero attached hydrogens (tertiary/aromatic N) is 2. The molecular formula is C14H19N3O. The zero-order valence-corrected chi connectivity index (χ0v) is 11.1. The Morgan fingerprint density at radius 2 is 2.11 bits per heavy atom. The first-order valence-electron chi connectivity index (χ1n) is 6.19. The van der Waals surface area contributed by atoms with Gasteiger partial charge in [0.2, 0.25) is 5.95 Å². The lowest BCUT2D eigenvalue weighted by atomic mass is 10.3. The Morgan fingerprint density at radius 3 is 2.83 bits per heavy atom. The Morgan fingerprint density at radius 1 is 1.33 bits per heavy atom. The van der Waals surface area contributed by atoms with Gasteiger partial charge in [-0.25, -0.2) is 4.98 Å². The average Bonchev–Trinajstić information content (AvgIpc) is 2.77. The largest absolute Gasteiger partial charge is 0.495 e. The number of aryl methyl sites for hydroxylation is 1. The van der Waals surface area contributed by atoms with E-state index < -0.39 is 0 Å². The summed E-state index contributed by atoms with van der Waals surface area (Å²) >= 11 is 0. The van der Waals surface area contributed by atoms with Gasteiger partial charge in [-0.1, -0.05) is 19.1 Å². The number of methoxy groups -OCH3 is 1. The molecule has 1 N–H and O–H groups in total. The summed E-state index contributed by atoms with van der Waals surface area (Å²) < 4.78 is 7.42. The first-order chi connectivity index (χ1) is 8.76. The van der Waals surface area contributed by atoms with Gasteiger partial charge >= 0.3 is 0 Å². The molecule has 0 saturated heterocycles. The standard InChI is InChI=1S/C14H19N3O/c1-4-9-15-14-16-11(2)10-17(14)12-7-5-6-8-13(12)18-3/h5-8,10H,4,9H2,1-3H3,(H,15,16). The van der Waals surface area contributed by atoms with Gasteiger partial charge in [0.15, 0.2) is 0 Å². The van der Waals surface area contributed by atoms with Crippen molar-refractivity contribution in [3.05, 3.63) is 36.2 Å². The molecule has 4 heteroatoms. The van der Waals surface area contributed by atoms with E-state index in [0.29, 0.717) is 0 Å². The van der Waals surface area contributed by atoms with Gasteiger partial charge in [-0.05, 0) is 25.5 Å². The number of nitrogens with one attached hydrogen (secondary N) is 1. The Hall–Kier alpha value is -1.97. The maximum Gasteiger partial charge on any atom is 0.207 e. The summed E-state index contributed by atoms with van der Waals surface area (Å²) in [7, 11) is 1.68. The maximum atomic E-state index is 5.39. The average molecular weight is 245 g/mol. The van der Waals surface area contributed by atoms with E-state index in [2.05, 4.69) is 17.2 Å². The molecule has 0 amide bonds. The lowest BCUT2D eigenvalue weighted by Gasteiger charge is -2.12. The van der Waals surface area contributed by atoms with E-state index in [4.69, 9.17) is 4.74 Å². The normalized spacial score (nSPS) is 10.4. The van der Waals surface area contributed by atoms with Crippen molar-refractivity contribution < 1.29 is 4.74 Å². The van der Waals surface area contributed by atoms with Crippen molar-refractivity contribution >= 4 is 5.95 Å². The third kappa shape index (κ3) is 2.47. The van der Waals surface area contributed by atoms with Crippen LogP contribution in [0.3, 0.4) is 0 Å². The van der Waals surface area contributed by atoms with Crippen LogP contribution >= 0.6 is 0 Å². The van der Waals surface area contributed by atoms with Gasteiger partial charge in [0, 0.05) is 12.7 Å². The number of anilines is 1. The molecule has 0 radical (unpaired) electrons. The topological polar surface area (TPSA) is 39.1 Å². The predicted molar refractivity (Wildman–Crippen MR) is 73.6 cm³/mol. The van der Waals surface area contributed by atoms with Crippen molar-refractivity contribution in [3.8, 4) is 11.4 Å². The molecule has 2 rings (SSSR count). The summed E-state index contributed by atoms with van der Waals surface area (Å²) in [6.45, 7) is 5.03. The zero-order valence-electron chi connectivity index (χ0n) is 11.1. The minimum Gasteiger partial charge on any atom is -0.495 e. The van der Waals surface area contributed by atoms with E-state index in [9.17, 15) is 0 Å². The number of para-hydroxylation sites is 2. The second-order valence-corrected chi connectivity index (χ2v) is 4.17. The minimum absolute atomic E-state index is 0.842. The number of benzene rings is 1. The molecule has 0 unspecified atom stereocenters. The highest BCUT2D eigenvalue weighted by Gasteiger charge is 2.10. The first kappa shape index (κ1) is 12.5. The summed E-state index contributed by atoms with van der Waals surface area (Å²) in [6.07, 6.45) is 3.08. The fourth-order valence-corrected chi connectivity index (χ4v) is 1.87. The van der Waals surface area contributed by atoms with Crippen LogP contribution in [-0.4, -0.2) is 23.2 Å². The van der Waals surface area contributed by atoms with E-state index in [1.807, 2.05) is 42.0 Å². The molecule has 96 valence electrons. The predicted octanol–water partition coefficient (Wildman–Crippen LogP) is 3.01. The van der Waals surface area contributed by atoms with Gasteiger partial charge in [0.1, 0.15) is 5.75 Å². The van der Waals surface area contributed by atoms with Gasteiger partial charge in [-0.15, -0.1) is 0 Å². The Balaban J connectivity index is 2.42. The number of ether oxygens (including phenoxy) is 1. The quantitative estimate of drug-likeness (QED) is 0.880. The second-order valence-electron chi connectivity index (χ2n) is 4.17. The molecule has 0 aliphatic rings. The molecule has 0 saturated carbocycles. The van der Waals surface area contributed by atoms with Gasteiger partial charge in [-0.2, -0.15) is 0 Å². The lowest BCUT2D eigenvalue weighted by Crippen LogP contribution is -2.07. The number of rotatable bonds is 5. The summed E-state index contributed by atoms with van der Waals surface area (Å²) in [5.41, 5.74) is 1.98. The highest BCUT2D eigenvalue weighted by atomic mass is 16.5. The van der Waals surface area contributed by atoms with Gasteiger partial charge in [-0.3, -0.25) is 4.57 Å². The molecule has 1 aromatic heterocycles. The van der Waals surface area contributed by atoms with Gasteiger partial charge < -0.3 is 10.1 Å². The van der Waals surface area contributed by atoms with E-state index in [1.54, 1.807) is 7.11 Å². The monoisotopic (exact) mass is 245 g/mol. The molecule has 0 aliphatic heterocycles. The molecule has 1 heterocycles. The Bertz CT molecular complexity index is 520. The summed E-state index contributed by atoms with van der Waals surface area (Å²) in [4.78, 5) is 4.50. The van der Waals surface area contributed by atoms with Crippen molar-refractivity contribution in [2.45, 2.75) is 20.3 Å². The molecular weight excluding hydrogens is 226 g/mol. The van der Waals surface area contributed by atoms with E-state index in [-0.39, 0.29) is 0 Å². The molecule has 0 spiro atoms. The SMILES string of the molecule is CCCNc1nc(C)cn1-c1ccccc1OC. The molecule has 0 fully saturated rings. The summed E-state index contributed by atoms with van der Waals surface area (Å²) in [5.74, 6) is 1.70. The number of imidazole rings is 1.